The van der Waals surface area contributed by atoms with Crippen LogP contribution in [0.25, 0.3) is 42.5 Å². The summed E-state index contributed by atoms with van der Waals surface area (Å²) >= 11 is 1.29. The van der Waals surface area contributed by atoms with Gasteiger partial charge in [-0.05, 0) is 56.9 Å². The molecule has 3 saturated heterocycles. The van der Waals surface area contributed by atoms with Gasteiger partial charge in [0.1, 0.15) is 29.0 Å². The van der Waals surface area contributed by atoms with Crippen molar-refractivity contribution in [2.45, 2.75) is 56.3 Å². The first-order chi connectivity index (χ1) is 23.0. The minimum Gasteiger partial charge on any atom is -0.461 e. The van der Waals surface area contributed by atoms with Crippen molar-refractivity contribution in [1.82, 2.24) is 30.0 Å². The number of terminal acetylenes is 1. The molecule has 5 aromatic rings. The second kappa shape index (κ2) is 11.3. The van der Waals surface area contributed by atoms with E-state index in [2.05, 4.69) is 20.1 Å². The fourth-order valence-electron chi connectivity index (χ4n) is 7.82. The fourth-order valence-corrected chi connectivity index (χ4v) is 8.97. The molecular formula is C34H34F3N7O3S. The monoisotopic (exact) mass is 677 g/mol. The van der Waals surface area contributed by atoms with Crippen LogP contribution in [-0.4, -0.2) is 98.5 Å². The molecule has 8 rings (SSSR count). The van der Waals surface area contributed by atoms with Gasteiger partial charge in [0.15, 0.2) is 0 Å². The van der Waals surface area contributed by atoms with E-state index in [-0.39, 0.29) is 36.9 Å². The minimum atomic E-state index is -3.58. The number of aromatic nitrogens is 5. The first kappa shape index (κ1) is 31.3. The second-order valence-electron chi connectivity index (χ2n) is 13.5. The topological polar surface area (TPSA) is 113 Å². The number of alkyl halides is 3. The van der Waals surface area contributed by atoms with Crippen LogP contribution in [0.3, 0.4) is 0 Å². The quantitative estimate of drug-likeness (QED) is 0.230. The summed E-state index contributed by atoms with van der Waals surface area (Å²) in [6, 6.07) is 3.55. The number of β-amino-alcohol motifs (C(OH)–C–C–N with tert-alkyl or cyclic N) is 1. The Labute approximate surface area is 278 Å². The molecule has 0 amide bonds. The Hall–Kier alpha value is -4.03. The van der Waals surface area contributed by atoms with Crippen molar-refractivity contribution in [1.29, 1.82) is 0 Å². The number of aliphatic hydroxyl groups is 1. The van der Waals surface area contributed by atoms with Gasteiger partial charge in [0.25, 0.3) is 0 Å². The van der Waals surface area contributed by atoms with Crippen LogP contribution in [0.1, 0.15) is 37.3 Å². The third-order valence-corrected chi connectivity index (χ3v) is 11.0. The van der Waals surface area contributed by atoms with Gasteiger partial charge in [0.05, 0.1) is 52.8 Å². The summed E-state index contributed by atoms with van der Waals surface area (Å²) in [6.45, 7) is 5.93. The van der Waals surface area contributed by atoms with Crippen molar-refractivity contribution >= 4 is 48.4 Å². The highest BCUT2D eigenvalue weighted by Crippen LogP contribution is 2.48. The standard InChI is InChI=1S/C34H34F3N7O3S/c1-4-34(36,37)26-19(2)12-23-22(14-39-42-23)24(26)27-28-21(6-8-38-27)25-29(43-10-11-46-17-32(3,45)16-43)40-31(41-30(25)48-28)47-18-33-7-5-9-44(33)15-20(35)13-33/h1,6,8,12,14,20,45H,5,7,9-11,13,15-18H2,2-3H3,(H,39,42)/t20-,32+,33+/m1/s1. The summed E-state index contributed by atoms with van der Waals surface area (Å²) in [6.07, 6.45) is 9.75. The summed E-state index contributed by atoms with van der Waals surface area (Å²) in [4.78, 5) is 19.1. The maximum absolute atomic E-state index is 15.5. The van der Waals surface area contributed by atoms with E-state index in [1.165, 1.54) is 17.5 Å². The highest BCUT2D eigenvalue weighted by Gasteiger charge is 2.49. The number of nitrogens with one attached hydrogen (secondary N) is 1. The van der Waals surface area contributed by atoms with Gasteiger partial charge in [-0.2, -0.15) is 23.8 Å². The molecule has 0 aliphatic carbocycles. The molecule has 3 aliphatic rings. The van der Waals surface area contributed by atoms with Crippen LogP contribution >= 0.6 is 11.3 Å². The van der Waals surface area contributed by atoms with Crippen LogP contribution < -0.4 is 9.64 Å². The molecule has 3 atom stereocenters. The number of thiophene rings is 1. The van der Waals surface area contributed by atoms with Crippen LogP contribution in [0.4, 0.5) is 19.0 Å². The first-order valence-corrected chi connectivity index (χ1v) is 16.8. The van der Waals surface area contributed by atoms with Gasteiger partial charge in [-0.25, -0.2) is 4.39 Å². The largest absolute Gasteiger partial charge is 0.461 e. The zero-order valence-electron chi connectivity index (χ0n) is 26.5. The van der Waals surface area contributed by atoms with Crippen molar-refractivity contribution in [3.05, 3.63) is 35.7 Å². The second-order valence-corrected chi connectivity index (χ2v) is 14.5. The number of H-pyrrole nitrogens is 1. The van der Waals surface area contributed by atoms with Crippen molar-refractivity contribution in [2.75, 3.05) is 50.9 Å². The number of aryl methyl sites for hydroxylation is 1. The number of benzene rings is 1. The average Bonchev–Trinajstić information content (AvgIpc) is 3.79. The van der Waals surface area contributed by atoms with E-state index >= 15 is 8.78 Å². The molecule has 3 aliphatic heterocycles. The number of fused-ring (bicyclic) bond motifs is 5. The molecule has 14 heteroatoms. The highest BCUT2D eigenvalue weighted by atomic mass is 32.1. The number of anilines is 1. The maximum Gasteiger partial charge on any atom is 0.334 e. The Morgan fingerprint density at radius 1 is 1.29 bits per heavy atom. The maximum atomic E-state index is 15.5. The van der Waals surface area contributed by atoms with Crippen molar-refractivity contribution < 1.29 is 27.8 Å². The number of hydrogen-bond donors (Lipinski definition) is 2. The van der Waals surface area contributed by atoms with E-state index in [0.717, 1.165) is 19.4 Å². The van der Waals surface area contributed by atoms with Gasteiger partial charge < -0.3 is 19.5 Å². The molecule has 7 heterocycles. The number of halogens is 3. The third kappa shape index (κ3) is 5.06. The summed E-state index contributed by atoms with van der Waals surface area (Å²) in [5.74, 6) is -1.39. The van der Waals surface area contributed by atoms with E-state index in [1.54, 1.807) is 32.0 Å². The van der Waals surface area contributed by atoms with Crippen molar-refractivity contribution in [2.24, 2.45) is 0 Å². The van der Waals surface area contributed by atoms with Gasteiger partial charge in [0.2, 0.25) is 0 Å². The molecular weight excluding hydrogens is 643 g/mol. The molecule has 0 saturated carbocycles. The summed E-state index contributed by atoms with van der Waals surface area (Å²) in [5.41, 5.74) is -0.500. The molecule has 3 fully saturated rings. The van der Waals surface area contributed by atoms with Gasteiger partial charge >= 0.3 is 11.9 Å². The molecule has 0 spiro atoms. The lowest BCUT2D eigenvalue weighted by atomic mass is 9.91. The predicted molar refractivity (Wildman–Crippen MR) is 177 cm³/mol. The Morgan fingerprint density at radius 3 is 2.98 bits per heavy atom. The predicted octanol–water partition coefficient (Wildman–Crippen LogP) is 5.36. The lowest BCUT2D eigenvalue weighted by molar-refractivity contribution is -0.0123. The van der Waals surface area contributed by atoms with Crippen LogP contribution in [0.2, 0.25) is 0 Å². The molecule has 4 aromatic heterocycles. The fraction of sp³-hybridized carbons (Fsp3) is 0.471. The summed E-state index contributed by atoms with van der Waals surface area (Å²) in [5, 5.41) is 20.0. The van der Waals surface area contributed by atoms with Gasteiger partial charge in [-0.15, -0.1) is 17.8 Å². The van der Waals surface area contributed by atoms with E-state index in [4.69, 9.17) is 25.9 Å². The Kier molecular flexibility index (Phi) is 7.33. The lowest BCUT2D eigenvalue weighted by Gasteiger charge is -2.31. The van der Waals surface area contributed by atoms with E-state index in [0.29, 0.717) is 74.4 Å². The lowest BCUT2D eigenvalue weighted by Crippen LogP contribution is -2.43. The van der Waals surface area contributed by atoms with E-state index in [9.17, 15) is 9.50 Å². The first-order valence-electron chi connectivity index (χ1n) is 16.0. The number of hydrogen-bond acceptors (Lipinski definition) is 10. The van der Waals surface area contributed by atoms with Gasteiger partial charge in [-0.1, -0.05) is 0 Å². The zero-order valence-corrected chi connectivity index (χ0v) is 27.3. The normalized spacial score (nSPS) is 25.2. The number of nitrogens with zero attached hydrogens (tertiary/aromatic N) is 6. The molecule has 0 radical (unpaired) electrons. The highest BCUT2D eigenvalue weighted by molar-refractivity contribution is 7.26. The Morgan fingerprint density at radius 2 is 2.15 bits per heavy atom. The minimum absolute atomic E-state index is 0.124. The van der Waals surface area contributed by atoms with Crippen LogP contribution in [0, 0.1) is 19.3 Å². The third-order valence-electron chi connectivity index (χ3n) is 9.86. The number of ether oxygens (including phenoxy) is 2. The van der Waals surface area contributed by atoms with Crippen LogP contribution in [0.5, 0.6) is 6.01 Å². The smallest absolute Gasteiger partial charge is 0.334 e. The number of rotatable bonds is 6. The van der Waals surface area contributed by atoms with Gasteiger partial charge in [0, 0.05) is 47.6 Å². The average molecular weight is 678 g/mol. The molecule has 48 heavy (non-hydrogen) atoms. The molecule has 0 bridgehead atoms. The Bertz CT molecular complexity index is 2110. The van der Waals surface area contributed by atoms with Crippen LogP contribution in [-0.2, 0) is 10.7 Å². The molecule has 250 valence electrons. The zero-order chi connectivity index (χ0) is 33.4. The summed E-state index contributed by atoms with van der Waals surface area (Å²) in [7, 11) is 0. The molecule has 10 nitrogen and oxygen atoms in total. The molecule has 2 N–H and O–H groups in total. The molecule has 1 aromatic carbocycles. The van der Waals surface area contributed by atoms with Crippen molar-refractivity contribution in [3.8, 4) is 29.6 Å². The number of pyridine rings is 1. The van der Waals surface area contributed by atoms with Gasteiger partial charge in [-0.3, -0.25) is 15.0 Å². The SMILES string of the molecule is C#CC(F)(F)c1c(C)cc2[nH]ncc2c1-c1nccc2c1sc1nc(OC[C@@]34CCCN3C[C@H](F)C4)nc(N3CCOC[C@@](C)(O)C3)c12. The summed E-state index contributed by atoms with van der Waals surface area (Å²) < 4.78 is 58.2. The van der Waals surface area contributed by atoms with Crippen molar-refractivity contribution in [3.63, 3.8) is 0 Å². The Balaban J connectivity index is 1.33. The number of aromatic amines is 1. The van der Waals surface area contributed by atoms with E-state index < -0.39 is 23.2 Å². The molecule has 0 unspecified atom stereocenters. The van der Waals surface area contributed by atoms with Crippen LogP contribution in [0.15, 0.2) is 24.5 Å². The van der Waals surface area contributed by atoms with E-state index in [1.807, 2.05) is 11.0 Å².